The Kier molecular flexibility index (Phi) is 6.60. The van der Waals surface area contributed by atoms with Crippen molar-refractivity contribution in [2.45, 2.75) is 38.6 Å². The largest absolute Gasteiger partial charge is 0.461 e. The summed E-state index contributed by atoms with van der Waals surface area (Å²) in [7, 11) is 0. The van der Waals surface area contributed by atoms with Crippen LogP contribution in [0.2, 0.25) is 0 Å². The van der Waals surface area contributed by atoms with Crippen molar-refractivity contribution in [3.63, 3.8) is 0 Å². The van der Waals surface area contributed by atoms with Crippen LogP contribution in [0.15, 0.2) is 30.5 Å². The van der Waals surface area contributed by atoms with Gasteiger partial charge in [-0.3, -0.25) is 10.1 Å². The Morgan fingerprint density at radius 3 is 2.29 bits per heavy atom. The number of benzene rings is 1. The van der Waals surface area contributed by atoms with Crippen molar-refractivity contribution >= 4 is 33.7 Å². The highest BCUT2D eigenvalue weighted by atomic mass is 79.9. The molecule has 0 bridgehead atoms. The molecule has 2 aromatic rings. The molecule has 0 spiro atoms. The fourth-order valence-electron chi connectivity index (χ4n) is 2.57. The highest BCUT2D eigenvalue weighted by Gasteiger charge is 2.29. The summed E-state index contributed by atoms with van der Waals surface area (Å²) in [5.74, 6) is -0.657. The Morgan fingerprint density at radius 2 is 1.82 bits per heavy atom. The quantitative estimate of drug-likeness (QED) is 0.276. The Balaban J connectivity index is 2.63. The number of carbonyl (C=O) groups is 2. The lowest BCUT2D eigenvalue weighted by Crippen LogP contribution is -2.29. The summed E-state index contributed by atoms with van der Waals surface area (Å²) in [4.78, 5) is 35.6. The zero-order valence-corrected chi connectivity index (χ0v) is 17.6. The second-order valence-electron chi connectivity index (χ2n) is 6.88. The molecule has 0 saturated heterocycles. The number of aromatic nitrogens is 1. The molecular weight excluding hydrogens is 432 g/mol. The van der Waals surface area contributed by atoms with E-state index in [0.717, 1.165) is 4.57 Å². The Bertz CT molecular complexity index is 896. The highest BCUT2D eigenvalue weighted by Crippen LogP contribution is 2.32. The number of hydrogen-bond donors (Lipinski definition) is 0. The summed E-state index contributed by atoms with van der Waals surface area (Å²) < 4.78 is 11.6. The van der Waals surface area contributed by atoms with Gasteiger partial charge in [-0.1, -0.05) is 15.9 Å². The van der Waals surface area contributed by atoms with Gasteiger partial charge in [-0.25, -0.2) is 14.2 Å². The second-order valence-corrected chi connectivity index (χ2v) is 7.44. The topological polar surface area (TPSA) is 101 Å². The van der Waals surface area contributed by atoms with Crippen LogP contribution in [0.1, 0.15) is 43.7 Å². The van der Waals surface area contributed by atoms with E-state index < -0.39 is 22.6 Å². The molecule has 0 amide bonds. The van der Waals surface area contributed by atoms with Crippen LogP contribution < -0.4 is 0 Å². The van der Waals surface area contributed by atoms with Gasteiger partial charge in [-0.2, -0.15) is 0 Å². The maximum absolute atomic E-state index is 12.7. The molecule has 1 aromatic carbocycles. The van der Waals surface area contributed by atoms with E-state index in [1.54, 1.807) is 39.8 Å². The smallest absolute Gasteiger partial charge is 0.419 e. The first kappa shape index (κ1) is 21.6. The van der Waals surface area contributed by atoms with Crippen LogP contribution in [0, 0.1) is 10.1 Å². The van der Waals surface area contributed by atoms with E-state index >= 15 is 0 Å². The summed E-state index contributed by atoms with van der Waals surface area (Å²) in [5.41, 5.74) is 0.962. The van der Waals surface area contributed by atoms with Crippen LogP contribution in [0.3, 0.4) is 0 Å². The summed E-state index contributed by atoms with van der Waals surface area (Å²) in [6.07, 6.45) is 0.767. The van der Waals surface area contributed by atoms with Crippen LogP contribution >= 0.6 is 15.9 Å². The van der Waals surface area contributed by atoms with Crippen LogP contribution in [0.25, 0.3) is 11.1 Å². The minimum absolute atomic E-state index is 0.0543. The average Bonchev–Trinajstić information content (AvgIpc) is 3.00. The minimum atomic E-state index is -0.755. The molecule has 2 rings (SSSR count). The van der Waals surface area contributed by atoms with Gasteiger partial charge >= 0.3 is 12.1 Å². The molecule has 0 radical (unpaired) electrons. The Hall–Kier alpha value is -2.68. The van der Waals surface area contributed by atoms with Gasteiger partial charge in [0.1, 0.15) is 11.3 Å². The standard InChI is InChI=1S/C19H21BrN2O6/c1-5-27-17(23)16-14(10-20)15(11-21(16)18(24)28-19(2,3)4)12-6-8-13(9-7-12)22(25)26/h6-9,11H,5,10H2,1-4H3. The molecule has 9 heteroatoms. The van der Waals surface area contributed by atoms with Crippen molar-refractivity contribution in [1.29, 1.82) is 0 Å². The van der Waals surface area contributed by atoms with Crippen molar-refractivity contribution < 1.29 is 24.0 Å². The van der Waals surface area contributed by atoms with Crippen LogP contribution in [0.4, 0.5) is 10.5 Å². The van der Waals surface area contributed by atoms with Gasteiger partial charge in [0.25, 0.3) is 5.69 Å². The van der Waals surface area contributed by atoms with E-state index in [2.05, 4.69) is 15.9 Å². The van der Waals surface area contributed by atoms with E-state index in [4.69, 9.17) is 9.47 Å². The molecule has 0 aliphatic carbocycles. The number of alkyl halides is 1. The van der Waals surface area contributed by atoms with Crippen molar-refractivity contribution in [3.8, 4) is 11.1 Å². The van der Waals surface area contributed by atoms with Crippen LogP contribution in [-0.4, -0.2) is 33.8 Å². The second kappa shape index (κ2) is 8.55. The van der Waals surface area contributed by atoms with Gasteiger partial charge in [-0.05, 0) is 45.4 Å². The third-order valence-corrected chi connectivity index (χ3v) is 4.25. The van der Waals surface area contributed by atoms with Gasteiger partial charge in [0.2, 0.25) is 0 Å². The fraction of sp³-hybridized carbons (Fsp3) is 0.368. The number of esters is 1. The lowest BCUT2D eigenvalue weighted by atomic mass is 10.0. The number of non-ortho nitro benzene ring substituents is 1. The van der Waals surface area contributed by atoms with Crippen LogP contribution in [0.5, 0.6) is 0 Å². The van der Waals surface area contributed by atoms with E-state index in [1.807, 2.05) is 0 Å². The van der Waals surface area contributed by atoms with Gasteiger partial charge < -0.3 is 9.47 Å². The third-order valence-electron chi connectivity index (χ3n) is 3.69. The molecule has 0 fully saturated rings. The normalized spacial score (nSPS) is 11.2. The molecule has 0 aliphatic rings. The maximum Gasteiger partial charge on any atom is 0.419 e. The number of halogens is 1. The SMILES string of the molecule is CCOC(=O)c1c(CBr)c(-c2ccc([N+](=O)[O-])cc2)cn1C(=O)OC(C)(C)C. The molecule has 0 saturated carbocycles. The van der Waals surface area contributed by atoms with Gasteiger partial charge in [0.15, 0.2) is 0 Å². The zero-order valence-electron chi connectivity index (χ0n) is 16.0. The van der Waals surface area contributed by atoms with Crippen molar-refractivity contribution in [2.75, 3.05) is 6.61 Å². The Morgan fingerprint density at radius 1 is 1.21 bits per heavy atom. The number of ether oxygens (including phenoxy) is 2. The molecular formula is C19H21BrN2O6. The van der Waals surface area contributed by atoms with Crippen molar-refractivity contribution in [3.05, 3.63) is 51.8 Å². The summed E-state index contributed by atoms with van der Waals surface area (Å²) in [6, 6.07) is 5.85. The summed E-state index contributed by atoms with van der Waals surface area (Å²) in [6.45, 7) is 6.99. The van der Waals surface area contributed by atoms with E-state index in [1.165, 1.54) is 18.3 Å². The first-order valence-electron chi connectivity index (χ1n) is 8.54. The molecule has 150 valence electrons. The van der Waals surface area contributed by atoms with E-state index in [9.17, 15) is 19.7 Å². The number of nitro groups is 1. The van der Waals surface area contributed by atoms with Gasteiger partial charge in [0, 0.05) is 34.8 Å². The molecule has 0 atom stereocenters. The first-order valence-corrected chi connectivity index (χ1v) is 9.66. The number of hydrogen-bond acceptors (Lipinski definition) is 6. The molecule has 28 heavy (non-hydrogen) atoms. The lowest BCUT2D eigenvalue weighted by Gasteiger charge is -2.20. The average molecular weight is 453 g/mol. The van der Waals surface area contributed by atoms with Crippen LogP contribution in [-0.2, 0) is 14.8 Å². The number of rotatable bonds is 5. The molecule has 0 aliphatic heterocycles. The van der Waals surface area contributed by atoms with E-state index in [-0.39, 0.29) is 23.3 Å². The molecule has 1 heterocycles. The minimum Gasteiger partial charge on any atom is -0.461 e. The molecule has 8 nitrogen and oxygen atoms in total. The Labute approximate surface area is 170 Å². The molecule has 0 unspecified atom stereocenters. The fourth-order valence-corrected chi connectivity index (χ4v) is 3.13. The van der Waals surface area contributed by atoms with E-state index in [0.29, 0.717) is 16.7 Å². The van der Waals surface area contributed by atoms with Gasteiger partial charge in [0.05, 0.1) is 11.5 Å². The number of nitro benzene ring substituents is 1. The van der Waals surface area contributed by atoms with Gasteiger partial charge in [-0.15, -0.1) is 0 Å². The maximum atomic E-state index is 12.7. The zero-order chi connectivity index (χ0) is 21.1. The first-order chi connectivity index (χ1) is 13.1. The lowest BCUT2D eigenvalue weighted by molar-refractivity contribution is -0.384. The number of nitrogens with zero attached hydrogens (tertiary/aromatic N) is 2. The monoisotopic (exact) mass is 452 g/mol. The summed E-state index contributed by atoms with van der Waals surface area (Å²) in [5, 5.41) is 11.2. The highest BCUT2D eigenvalue weighted by molar-refractivity contribution is 9.08. The van der Waals surface area contributed by atoms with Crippen molar-refractivity contribution in [1.82, 2.24) is 4.57 Å². The summed E-state index contributed by atoms with van der Waals surface area (Å²) >= 11 is 3.36. The third kappa shape index (κ3) is 4.78. The van der Waals surface area contributed by atoms with Crippen molar-refractivity contribution in [2.24, 2.45) is 0 Å². The predicted molar refractivity (Wildman–Crippen MR) is 107 cm³/mol. The molecule has 0 N–H and O–H groups in total. The molecule has 1 aromatic heterocycles. The predicted octanol–water partition coefficient (Wildman–Crippen LogP) is 4.92. The number of carbonyl (C=O) groups excluding carboxylic acids is 2.